The largest absolute Gasteiger partial charge is 0.379 e. The maximum absolute atomic E-state index is 4.16. The smallest absolute Gasteiger partial charge is 0.115 e. The van der Waals surface area contributed by atoms with Crippen LogP contribution in [0.5, 0.6) is 0 Å². The number of rotatable bonds is 4. The predicted molar refractivity (Wildman–Crippen MR) is 67.6 cm³/mol. The third-order valence-electron chi connectivity index (χ3n) is 2.19. The van der Waals surface area contributed by atoms with Gasteiger partial charge in [-0.1, -0.05) is 6.07 Å². The zero-order valence-corrected chi connectivity index (χ0v) is 9.87. The molecule has 0 saturated heterocycles. The Hall–Kier alpha value is -1.55. The average molecular weight is 231 g/mol. The normalized spacial score (nSPS) is 10.1. The van der Waals surface area contributed by atoms with Gasteiger partial charge < -0.3 is 5.32 Å². The molecule has 0 saturated carbocycles. The summed E-state index contributed by atoms with van der Waals surface area (Å²) in [5.41, 5.74) is 2.11. The lowest BCUT2D eigenvalue weighted by molar-refractivity contribution is 1.01. The molecule has 0 aliphatic heterocycles. The van der Waals surface area contributed by atoms with Crippen molar-refractivity contribution in [3.63, 3.8) is 0 Å². The SMILES string of the molecule is CSc1cccc(NCc2ccncn2)c1. The number of nitrogens with one attached hydrogen (secondary N) is 1. The second-order valence-electron chi connectivity index (χ2n) is 3.29. The van der Waals surface area contributed by atoms with E-state index in [1.165, 1.54) is 4.90 Å². The van der Waals surface area contributed by atoms with Crippen LogP contribution in [0.3, 0.4) is 0 Å². The lowest BCUT2D eigenvalue weighted by Gasteiger charge is -2.06. The highest BCUT2D eigenvalue weighted by molar-refractivity contribution is 7.98. The standard InChI is InChI=1S/C12H13N3S/c1-16-12-4-2-3-10(7-12)14-8-11-5-6-13-9-15-11/h2-7,9,14H,8H2,1H3. The number of nitrogens with zero attached hydrogens (tertiary/aromatic N) is 2. The van der Waals surface area contributed by atoms with Crippen molar-refractivity contribution in [2.75, 3.05) is 11.6 Å². The lowest BCUT2D eigenvalue weighted by atomic mass is 10.3. The molecule has 3 nitrogen and oxygen atoms in total. The fourth-order valence-corrected chi connectivity index (χ4v) is 1.81. The average Bonchev–Trinajstić information content (AvgIpc) is 2.38. The molecule has 2 aromatic rings. The van der Waals surface area contributed by atoms with Crippen molar-refractivity contribution < 1.29 is 0 Å². The molecule has 1 heterocycles. The van der Waals surface area contributed by atoms with Crippen LogP contribution in [0.2, 0.25) is 0 Å². The Labute approximate surface area is 99.3 Å². The molecular weight excluding hydrogens is 218 g/mol. The molecule has 0 bridgehead atoms. The summed E-state index contributed by atoms with van der Waals surface area (Å²) < 4.78 is 0. The lowest BCUT2D eigenvalue weighted by Crippen LogP contribution is -2.01. The number of hydrogen-bond donors (Lipinski definition) is 1. The maximum atomic E-state index is 4.16. The topological polar surface area (TPSA) is 37.8 Å². The molecule has 0 fully saturated rings. The Morgan fingerprint density at radius 2 is 2.25 bits per heavy atom. The summed E-state index contributed by atoms with van der Waals surface area (Å²) in [5, 5.41) is 3.33. The number of aromatic nitrogens is 2. The Balaban J connectivity index is 1.99. The van der Waals surface area contributed by atoms with Gasteiger partial charge in [-0.2, -0.15) is 0 Å². The van der Waals surface area contributed by atoms with Gasteiger partial charge in [0.1, 0.15) is 6.33 Å². The highest BCUT2D eigenvalue weighted by atomic mass is 32.2. The van der Waals surface area contributed by atoms with Crippen LogP contribution in [0.25, 0.3) is 0 Å². The highest BCUT2D eigenvalue weighted by Gasteiger charge is 1.96. The molecular formula is C12H13N3S. The van der Waals surface area contributed by atoms with Crippen molar-refractivity contribution >= 4 is 17.4 Å². The predicted octanol–water partition coefficient (Wildman–Crippen LogP) is 2.81. The molecule has 1 aromatic heterocycles. The summed E-state index contributed by atoms with van der Waals surface area (Å²) in [4.78, 5) is 9.30. The first-order valence-electron chi connectivity index (χ1n) is 5.01. The Morgan fingerprint density at radius 3 is 3.00 bits per heavy atom. The van der Waals surface area contributed by atoms with Crippen LogP contribution in [0, 0.1) is 0 Å². The zero-order chi connectivity index (χ0) is 11.2. The van der Waals surface area contributed by atoms with Gasteiger partial charge in [0.05, 0.1) is 12.2 Å². The van der Waals surface area contributed by atoms with Gasteiger partial charge in [-0.3, -0.25) is 0 Å². The Bertz CT molecular complexity index is 445. The maximum Gasteiger partial charge on any atom is 0.115 e. The monoisotopic (exact) mass is 231 g/mol. The second-order valence-corrected chi connectivity index (χ2v) is 4.17. The van der Waals surface area contributed by atoms with Crippen LogP contribution < -0.4 is 5.32 Å². The molecule has 4 heteroatoms. The van der Waals surface area contributed by atoms with Gasteiger partial charge in [0.2, 0.25) is 0 Å². The molecule has 2 rings (SSSR count). The van der Waals surface area contributed by atoms with Gasteiger partial charge in [-0.15, -0.1) is 11.8 Å². The van der Waals surface area contributed by atoms with Crippen molar-refractivity contribution in [3.8, 4) is 0 Å². The van der Waals surface area contributed by atoms with Crippen molar-refractivity contribution in [1.29, 1.82) is 0 Å². The summed E-state index contributed by atoms with van der Waals surface area (Å²) in [6.07, 6.45) is 5.39. The molecule has 1 N–H and O–H groups in total. The van der Waals surface area contributed by atoms with Crippen molar-refractivity contribution in [2.24, 2.45) is 0 Å². The molecule has 0 aliphatic rings. The quantitative estimate of drug-likeness (QED) is 0.821. The van der Waals surface area contributed by atoms with E-state index in [1.54, 1.807) is 24.3 Å². The first-order chi connectivity index (χ1) is 7.88. The molecule has 0 unspecified atom stereocenters. The van der Waals surface area contributed by atoms with E-state index in [4.69, 9.17) is 0 Å². The number of benzene rings is 1. The van der Waals surface area contributed by atoms with E-state index in [9.17, 15) is 0 Å². The van der Waals surface area contributed by atoms with Crippen molar-refractivity contribution in [1.82, 2.24) is 9.97 Å². The van der Waals surface area contributed by atoms with E-state index >= 15 is 0 Å². The summed E-state index contributed by atoms with van der Waals surface area (Å²) in [7, 11) is 0. The molecule has 0 atom stereocenters. The van der Waals surface area contributed by atoms with E-state index in [1.807, 2.05) is 12.1 Å². The highest BCUT2D eigenvalue weighted by Crippen LogP contribution is 2.19. The summed E-state index contributed by atoms with van der Waals surface area (Å²) in [6.45, 7) is 0.723. The van der Waals surface area contributed by atoms with E-state index in [0.29, 0.717) is 0 Å². The van der Waals surface area contributed by atoms with E-state index in [0.717, 1.165) is 17.9 Å². The number of anilines is 1. The summed E-state index contributed by atoms with van der Waals surface area (Å²) in [6, 6.07) is 10.2. The fourth-order valence-electron chi connectivity index (χ4n) is 1.35. The van der Waals surface area contributed by atoms with Crippen LogP contribution in [0.4, 0.5) is 5.69 Å². The minimum atomic E-state index is 0.723. The first kappa shape index (κ1) is 11.0. The minimum Gasteiger partial charge on any atom is -0.379 e. The number of thioether (sulfide) groups is 1. The fraction of sp³-hybridized carbons (Fsp3) is 0.167. The summed E-state index contributed by atoms with van der Waals surface area (Å²) >= 11 is 1.74. The van der Waals surface area contributed by atoms with Crippen LogP contribution in [0.15, 0.2) is 47.8 Å². The number of hydrogen-bond acceptors (Lipinski definition) is 4. The molecule has 0 radical (unpaired) electrons. The van der Waals surface area contributed by atoms with Gasteiger partial charge >= 0.3 is 0 Å². The Morgan fingerprint density at radius 1 is 1.31 bits per heavy atom. The van der Waals surface area contributed by atoms with Gasteiger partial charge in [-0.05, 0) is 30.5 Å². The summed E-state index contributed by atoms with van der Waals surface area (Å²) in [5.74, 6) is 0. The van der Waals surface area contributed by atoms with Crippen LogP contribution in [0.1, 0.15) is 5.69 Å². The first-order valence-corrected chi connectivity index (χ1v) is 6.24. The molecule has 16 heavy (non-hydrogen) atoms. The molecule has 0 amide bonds. The third-order valence-corrected chi connectivity index (χ3v) is 2.91. The Kier molecular flexibility index (Phi) is 3.77. The van der Waals surface area contributed by atoms with Crippen LogP contribution >= 0.6 is 11.8 Å². The molecule has 1 aromatic carbocycles. The second kappa shape index (κ2) is 5.51. The van der Waals surface area contributed by atoms with E-state index in [2.05, 4.69) is 39.7 Å². The van der Waals surface area contributed by atoms with Gasteiger partial charge in [0, 0.05) is 16.8 Å². The van der Waals surface area contributed by atoms with Gasteiger partial charge in [0.25, 0.3) is 0 Å². The van der Waals surface area contributed by atoms with Crippen LogP contribution in [-0.2, 0) is 6.54 Å². The van der Waals surface area contributed by atoms with E-state index < -0.39 is 0 Å². The van der Waals surface area contributed by atoms with Crippen molar-refractivity contribution in [3.05, 3.63) is 48.5 Å². The van der Waals surface area contributed by atoms with Gasteiger partial charge in [0.15, 0.2) is 0 Å². The molecule has 0 spiro atoms. The molecule has 0 aliphatic carbocycles. The van der Waals surface area contributed by atoms with E-state index in [-0.39, 0.29) is 0 Å². The minimum absolute atomic E-state index is 0.723. The third kappa shape index (κ3) is 2.97. The van der Waals surface area contributed by atoms with Gasteiger partial charge in [-0.25, -0.2) is 9.97 Å². The molecule has 82 valence electrons. The zero-order valence-electron chi connectivity index (χ0n) is 9.05. The van der Waals surface area contributed by atoms with Crippen molar-refractivity contribution in [2.45, 2.75) is 11.4 Å². The van der Waals surface area contributed by atoms with Crippen LogP contribution in [-0.4, -0.2) is 16.2 Å².